The van der Waals surface area contributed by atoms with E-state index in [1.165, 1.54) is 0 Å². The van der Waals surface area contributed by atoms with Gasteiger partial charge in [0.1, 0.15) is 0 Å². The van der Waals surface area contributed by atoms with Crippen molar-refractivity contribution in [1.82, 2.24) is 0 Å². The predicted octanol–water partition coefficient (Wildman–Crippen LogP) is 2.69. The molecule has 44 valence electrons. The van der Waals surface area contributed by atoms with Gasteiger partial charge in [0.25, 0.3) is 0 Å². The first-order valence-electron chi connectivity index (χ1n) is 4.39. The van der Waals surface area contributed by atoms with Crippen LogP contribution in [0.25, 0.3) is 0 Å². The van der Waals surface area contributed by atoms with Gasteiger partial charge < -0.3 is 0 Å². The molecule has 0 rings (SSSR count). The third-order valence-corrected chi connectivity index (χ3v) is 1.24. The Hall–Kier alpha value is 0. The summed E-state index contributed by atoms with van der Waals surface area (Å²) in [6, 6.07) is 0. The lowest BCUT2D eigenvalue weighted by molar-refractivity contribution is 0.407. The van der Waals surface area contributed by atoms with E-state index in [2.05, 4.69) is 0 Å². The lowest BCUT2D eigenvalue weighted by Crippen LogP contribution is -2.00. The van der Waals surface area contributed by atoms with Crippen molar-refractivity contribution in [2.24, 2.45) is 11.8 Å². The zero-order valence-electron chi connectivity index (χ0n) is 8.36. The molecule has 0 nitrogen and oxygen atoms in total. The average Bonchev–Trinajstić information content (AvgIpc) is 1.60. The van der Waals surface area contributed by atoms with E-state index in [4.69, 9.17) is 4.11 Å². The molecule has 0 aliphatic carbocycles. The number of hydrogen-bond acceptors (Lipinski definition) is 0. The Labute approximate surface area is 51.1 Å². The van der Waals surface area contributed by atoms with Crippen LogP contribution in [0.3, 0.4) is 0 Å². The fourth-order valence-electron chi connectivity index (χ4n) is 0.471. The molecule has 0 aromatic rings. The topological polar surface area (TPSA) is 0 Å². The van der Waals surface area contributed by atoms with Crippen LogP contribution in [-0.4, -0.2) is 0 Å². The molecule has 0 unspecified atom stereocenters. The minimum Gasteiger partial charge on any atom is -0.0651 e. The van der Waals surface area contributed by atoms with Crippen molar-refractivity contribution in [3.63, 3.8) is 0 Å². The van der Waals surface area contributed by atoms with Crippen LogP contribution in [0.5, 0.6) is 0 Å². The summed E-state index contributed by atoms with van der Waals surface area (Å²) < 4.78 is 21.5. The second-order valence-electron chi connectivity index (χ2n) is 2.26. The fourth-order valence-corrected chi connectivity index (χ4v) is 0.471. The first-order chi connectivity index (χ1) is 4.39. The molecule has 7 heavy (non-hydrogen) atoms. The molecule has 0 bridgehead atoms. The SMILES string of the molecule is [2H]C([2H])([2H])[C@@H](CC)C(C)C. The minimum absolute atomic E-state index is 0.132. The van der Waals surface area contributed by atoms with Gasteiger partial charge in [0, 0.05) is 4.11 Å². The molecule has 0 saturated heterocycles. The van der Waals surface area contributed by atoms with Gasteiger partial charge in [-0.3, -0.25) is 0 Å². The zero-order chi connectivity index (χ0) is 8.36. The molecule has 0 amide bonds. The molecule has 0 aromatic heterocycles. The molecule has 0 spiro atoms. The van der Waals surface area contributed by atoms with E-state index >= 15 is 0 Å². The monoisotopic (exact) mass is 103 g/mol. The first kappa shape index (κ1) is 3.11. The van der Waals surface area contributed by atoms with Crippen LogP contribution in [0.1, 0.15) is 38.2 Å². The highest BCUT2D eigenvalue weighted by atomic mass is 14.1. The fraction of sp³-hybridized carbons (Fsp3) is 1.00. The van der Waals surface area contributed by atoms with Crippen LogP contribution in [0.15, 0.2) is 0 Å². The van der Waals surface area contributed by atoms with E-state index in [1.807, 2.05) is 20.8 Å². The summed E-state index contributed by atoms with van der Waals surface area (Å²) in [4.78, 5) is 0. The van der Waals surface area contributed by atoms with Crippen LogP contribution < -0.4 is 0 Å². The molecule has 0 aliphatic rings. The minimum atomic E-state index is -1.76. The van der Waals surface area contributed by atoms with Crippen LogP contribution in [0, 0.1) is 11.8 Å². The average molecular weight is 103 g/mol. The molecular weight excluding hydrogens is 84.1 g/mol. The van der Waals surface area contributed by atoms with Crippen LogP contribution >= 0.6 is 0 Å². The Bertz CT molecular complexity index is 93.5. The van der Waals surface area contributed by atoms with Crippen molar-refractivity contribution in [1.29, 1.82) is 0 Å². The second-order valence-corrected chi connectivity index (χ2v) is 2.26. The van der Waals surface area contributed by atoms with Gasteiger partial charge in [-0.15, -0.1) is 0 Å². The normalized spacial score (nSPS) is 23.1. The lowest BCUT2D eigenvalue weighted by atomic mass is 9.96. The van der Waals surface area contributed by atoms with Crippen LogP contribution in [0.2, 0.25) is 0 Å². The Morgan fingerprint density at radius 3 is 2.14 bits per heavy atom. The van der Waals surface area contributed by atoms with E-state index in [0.29, 0.717) is 0 Å². The first-order valence-corrected chi connectivity index (χ1v) is 2.89. The van der Waals surface area contributed by atoms with Crippen LogP contribution in [-0.2, 0) is 0 Å². The van der Waals surface area contributed by atoms with E-state index in [-0.39, 0.29) is 11.8 Å². The van der Waals surface area contributed by atoms with Gasteiger partial charge in [-0.25, -0.2) is 0 Å². The third kappa shape index (κ3) is 2.67. The molecule has 0 aliphatic heterocycles. The van der Waals surface area contributed by atoms with E-state index in [1.54, 1.807) is 0 Å². The van der Waals surface area contributed by atoms with Crippen molar-refractivity contribution in [3.8, 4) is 0 Å². The van der Waals surface area contributed by atoms with Gasteiger partial charge >= 0.3 is 0 Å². The van der Waals surface area contributed by atoms with Gasteiger partial charge in [0.2, 0.25) is 0 Å². The maximum Gasteiger partial charge on any atom is 0.0233 e. The van der Waals surface area contributed by atoms with Crippen LogP contribution in [0.4, 0.5) is 0 Å². The van der Waals surface area contributed by atoms with Crippen molar-refractivity contribution in [2.75, 3.05) is 0 Å². The third-order valence-electron chi connectivity index (χ3n) is 1.24. The molecule has 0 radical (unpaired) electrons. The van der Waals surface area contributed by atoms with E-state index < -0.39 is 6.85 Å². The summed E-state index contributed by atoms with van der Waals surface area (Å²) in [6.45, 7) is 4.08. The summed E-state index contributed by atoms with van der Waals surface area (Å²) in [6.07, 6.45) is 0.744. The quantitative estimate of drug-likeness (QED) is 0.504. The van der Waals surface area contributed by atoms with E-state index in [0.717, 1.165) is 6.42 Å². The Kier molecular flexibility index (Phi) is 1.36. The summed E-state index contributed by atoms with van der Waals surface area (Å²) in [5.41, 5.74) is 0. The molecule has 0 N–H and O–H groups in total. The second kappa shape index (κ2) is 3.06. The highest BCUT2D eigenvalue weighted by Crippen LogP contribution is 2.11. The number of hydrogen-bond donors (Lipinski definition) is 0. The van der Waals surface area contributed by atoms with Crippen molar-refractivity contribution in [2.45, 2.75) is 34.0 Å². The van der Waals surface area contributed by atoms with Gasteiger partial charge in [0.15, 0.2) is 0 Å². The largest absolute Gasteiger partial charge is 0.0651 e. The Morgan fingerprint density at radius 2 is 2.14 bits per heavy atom. The van der Waals surface area contributed by atoms with E-state index in [9.17, 15) is 0 Å². The van der Waals surface area contributed by atoms with Crippen molar-refractivity contribution < 1.29 is 4.11 Å². The predicted molar refractivity (Wildman–Crippen MR) is 34.3 cm³/mol. The molecule has 0 aromatic carbocycles. The van der Waals surface area contributed by atoms with Gasteiger partial charge in [-0.05, 0) is 11.8 Å². The number of rotatable bonds is 2. The lowest BCUT2D eigenvalue weighted by Gasteiger charge is -2.10. The smallest absolute Gasteiger partial charge is 0.0233 e. The molecular formula is C7H16. The molecule has 0 heterocycles. The highest BCUT2D eigenvalue weighted by Gasteiger charge is 2.01. The van der Waals surface area contributed by atoms with Gasteiger partial charge in [-0.2, -0.15) is 0 Å². The summed E-state index contributed by atoms with van der Waals surface area (Å²) in [5, 5.41) is 0. The molecule has 0 fully saturated rings. The van der Waals surface area contributed by atoms with Gasteiger partial charge in [0.05, 0.1) is 0 Å². The summed E-state index contributed by atoms with van der Waals surface area (Å²) in [5.74, 6) is 0.130. The Balaban J connectivity index is 4.07. The summed E-state index contributed by atoms with van der Waals surface area (Å²) >= 11 is 0. The Morgan fingerprint density at radius 1 is 1.57 bits per heavy atom. The zero-order valence-corrected chi connectivity index (χ0v) is 5.36. The van der Waals surface area contributed by atoms with Crippen molar-refractivity contribution in [3.05, 3.63) is 0 Å². The maximum absolute atomic E-state index is 7.15. The molecule has 0 saturated carbocycles. The highest BCUT2D eigenvalue weighted by molar-refractivity contribution is 4.52. The standard InChI is InChI=1S/C7H16/c1-5-7(4)6(2)3/h6-7H,5H2,1-4H3/t7-/m0/s1/i4D3. The van der Waals surface area contributed by atoms with Crippen molar-refractivity contribution >= 4 is 0 Å². The molecule has 0 heteroatoms. The van der Waals surface area contributed by atoms with Gasteiger partial charge in [-0.1, -0.05) is 34.0 Å². The molecule has 1 atom stereocenters. The maximum atomic E-state index is 7.15. The summed E-state index contributed by atoms with van der Waals surface area (Å²) in [7, 11) is 0.